The second-order valence-corrected chi connectivity index (χ2v) is 6.85. The molecule has 0 radical (unpaired) electrons. The third-order valence-corrected chi connectivity index (χ3v) is 4.90. The summed E-state index contributed by atoms with van der Waals surface area (Å²) in [5, 5.41) is 8.46. The highest BCUT2D eigenvalue weighted by atomic mass is 16.5. The van der Waals surface area contributed by atoms with Crippen LogP contribution in [0.5, 0.6) is 17.4 Å². The van der Waals surface area contributed by atoms with Gasteiger partial charge >= 0.3 is 0 Å². The van der Waals surface area contributed by atoms with E-state index >= 15 is 0 Å². The Hall–Kier alpha value is -3.61. The van der Waals surface area contributed by atoms with Crippen LogP contribution in [0.25, 0.3) is 0 Å². The molecule has 4 rings (SSSR count). The minimum Gasteiger partial charge on any atom is -0.493 e. The number of piperazine rings is 1. The lowest BCUT2D eigenvalue weighted by atomic mass is 10.1. The highest BCUT2D eigenvalue weighted by molar-refractivity contribution is 5.97. The number of aromatic nitrogens is 2. The van der Waals surface area contributed by atoms with Crippen LogP contribution in [0.15, 0.2) is 66.7 Å². The highest BCUT2D eigenvalue weighted by Crippen LogP contribution is 2.23. The van der Waals surface area contributed by atoms with Crippen molar-refractivity contribution in [2.75, 3.05) is 37.7 Å². The summed E-state index contributed by atoms with van der Waals surface area (Å²) in [5.41, 5.74) is 0.606. The number of anilines is 1. The average molecular weight is 404 g/mol. The van der Waals surface area contributed by atoms with Crippen LogP contribution in [0.4, 0.5) is 5.82 Å². The quantitative estimate of drug-likeness (QED) is 0.625. The fourth-order valence-corrected chi connectivity index (χ4v) is 3.38. The molecule has 3 aromatic rings. The van der Waals surface area contributed by atoms with Gasteiger partial charge in [-0.1, -0.05) is 30.3 Å². The molecule has 0 N–H and O–H groups in total. The SMILES string of the molecule is CCOc1ccccc1C(=O)N1CCN(c2ccc(Oc3ccccc3)nn2)CC1. The third-order valence-electron chi connectivity index (χ3n) is 4.90. The normalized spacial score (nSPS) is 13.8. The van der Waals surface area contributed by atoms with E-state index in [2.05, 4.69) is 15.1 Å². The van der Waals surface area contributed by atoms with E-state index < -0.39 is 0 Å². The molecule has 1 fully saturated rings. The third kappa shape index (κ3) is 4.51. The standard InChI is InChI=1S/C23H24N4O3/c1-2-29-20-11-7-6-10-19(20)23(28)27-16-14-26(15-17-27)21-12-13-22(25-24-21)30-18-8-4-3-5-9-18/h3-13H,2,14-17H2,1H3. The van der Waals surface area contributed by atoms with Crippen molar-refractivity contribution in [3.8, 4) is 17.4 Å². The number of hydrogen-bond donors (Lipinski definition) is 0. The molecule has 1 aromatic heterocycles. The summed E-state index contributed by atoms with van der Waals surface area (Å²) in [6.45, 7) is 5.05. The Labute approximate surface area is 175 Å². The number of rotatable bonds is 6. The van der Waals surface area contributed by atoms with Crippen LogP contribution in [0.2, 0.25) is 0 Å². The van der Waals surface area contributed by atoms with Gasteiger partial charge in [0, 0.05) is 32.2 Å². The largest absolute Gasteiger partial charge is 0.493 e. The van der Waals surface area contributed by atoms with E-state index in [1.165, 1.54) is 0 Å². The first-order valence-corrected chi connectivity index (χ1v) is 10.1. The molecule has 1 aliphatic rings. The van der Waals surface area contributed by atoms with Crippen molar-refractivity contribution in [2.24, 2.45) is 0 Å². The molecule has 1 amide bonds. The maximum absolute atomic E-state index is 12.9. The molecule has 2 heterocycles. The predicted molar refractivity (Wildman–Crippen MR) is 114 cm³/mol. The fraction of sp³-hybridized carbons (Fsp3) is 0.261. The van der Waals surface area contributed by atoms with Gasteiger partial charge in [0.05, 0.1) is 12.2 Å². The molecule has 0 spiro atoms. The van der Waals surface area contributed by atoms with Gasteiger partial charge in [0.25, 0.3) is 5.91 Å². The molecule has 1 saturated heterocycles. The van der Waals surface area contributed by atoms with Crippen LogP contribution in [0.1, 0.15) is 17.3 Å². The lowest BCUT2D eigenvalue weighted by Gasteiger charge is -2.35. The Morgan fingerprint density at radius 1 is 0.900 bits per heavy atom. The van der Waals surface area contributed by atoms with Gasteiger partial charge in [-0.15, -0.1) is 10.2 Å². The molecule has 0 bridgehead atoms. The summed E-state index contributed by atoms with van der Waals surface area (Å²) >= 11 is 0. The van der Waals surface area contributed by atoms with Gasteiger partial charge in [-0.3, -0.25) is 4.79 Å². The number of ether oxygens (including phenoxy) is 2. The number of nitrogens with zero attached hydrogens (tertiary/aromatic N) is 4. The van der Waals surface area contributed by atoms with Crippen molar-refractivity contribution in [1.29, 1.82) is 0 Å². The van der Waals surface area contributed by atoms with Crippen molar-refractivity contribution in [1.82, 2.24) is 15.1 Å². The molecule has 0 atom stereocenters. The van der Waals surface area contributed by atoms with E-state index in [4.69, 9.17) is 9.47 Å². The number of hydrogen-bond acceptors (Lipinski definition) is 6. The van der Waals surface area contributed by atoms with Gasteiger partial charge in [-0.2, -0.15) is 0 Å². The van der Waals surface area contributed by atoms with Crippen LogP contribution >= 0.6 is 0 Å². The molecular formula is C23H24N4O3. The van der Waals surface area contributed by atoms with Crippen molar-refractivity contribution < 1.29 is 14.3 Å². The van der Waals surface area contributed by atoms with Gasteiger partial charge in [-0.25, -0.2) is 0 Å². The Bertz CT molecular complexity index is 971. The molecule has 0 unspecified atom stereocenters. The monoisotopic (exact) mass is 404 g/mol. The molecule has 2 aromatic carbocycles. The summed E-state index contributed by atoms with van der Waals surface area (Å²) in [6, 6.07) is 20.6. The van der Waals surface area contributed by atoms with Crippen LogP contribution in [-0.4, -0.2) is 53.8 Å². The van der Waals surface area contributed by atoms with E-state index in [0.29, 0.717) is 50.0 Å². The van der Waals surface area contributed by atoms with Crippen molar-refractivity contribution in [3.05, 3.63) is 72.3 Å². The fourth-order valence-electron chi connectivity index (χ4n) is 3.38. The minimum absolute atomic E-state index is 0.00334. The number of benzene rings is 2. The van der Waals surface area contributed by atoms with Crippen LogP contribution in [0, 0.1) is 0 Å². The zero-order valence-corrected chi connectivity index (χ0v) is 16.9. The second kappa shape index (κ2) is 9.26. The number of carbonyl (C=O) groups is 1. The number of carbonyl (C=O) groups excluding carboxylic acids is 1. The summed E-state index contributed by atoms with van der Waals surface area (Å²) in [6.07, 6.45) is 0. The molecule has 7 heteroatoms. The molecule has 1 aliphatic heterocycles. The average Bonchev–Trinajstić information content (AvgIpc) is 2.81. The molecular weight excluding hydrogens is 380 g/mol. The zero-order valence-electron chi connectivity index (χ0n) is 16.9. The summed E-state index contributed by atoms with van der Waals surface area (Å²) in [5.74, 6) is 2.58. The van der Waals surface area contributed by atoms with E-state index in [1.54, 1.807) is 0 Å². The van der Waals surface area contributed by atoms with E-state index in [-0.39, 0.29) is 5.91 Å². The summed E-state index contributed by atoms with van der Waals surface area (Å²) in [7, 11) is 0. The van der Waals surface area contributed by atoms with Gasteiger partial charge < -0.3 is 19.3 Å². The topological polar surface area (TPSA) is 67.8 Å². The first-order valence-electron chi connectivity index (χ1n) is 10.1. The van der Waals surface area contributed by atoms with Crippen LogP contribution < -0.4 is 14.4 Å². The lowest BCUT2D eigenvalue weighted by Crippen LogP contribution is -2.49. The summed E-state index contributed by atoms with van der Waals surface area (Å²) in [4.78, 5) is 16.9. The minimum atomic E-state index is -0.00334. The van der Waals surface area contributed by atoms with Gasteiger partial charge in [-0.05, 0) is 37.3 Å². The van der Waals surface area contributed by atoms with Crippen LogP contribution in [0.3, 0.4) is 0 Å². The number of para-hydroxylation sites is 2. The van der Waals surface area contributed by atoms with Crippen LogP contribution in [-0.2, 0) is 0 Å². The summed E-state index contributed by atoms with van der Waals surface area (Å²) < 4.78 is 11.3. The number of amides is 1. The van der Waals surface area contributed by atoms with E-state index in [0.717, 1.165) is 11.6 Å². The predicted octanol–water partition coefficient (Wildman–Crippen LogP) is 3.63. The first-order chi connectivity index (χ1) is 14.7. The molecule has 0 saturated carbocycles. The molecule has 154 valence electrons. The Kier molecular flexibility index (Phi) is 6.08. The lowest BCUT2D eigenvalue weighted by molar-refractivity contribution is 0.0742. The van der Waals surface area contributed by atoms with Crippen molar-refractivity contribution in [3.63, 3.8) is 0 Å². The van der Waals surface area contributed by atoms with E-state index in [1.807, 2.05) is 78.6 Å². The smallest absolute Gasteiger partial charge is 0.257 e. The maximum atomic E-state index is 12.9. The molecule has 30 heavy (non-hydrogen) atoms. The maximum Gasteiger partial charge on any atom is 0.257 e. The Balaban J connectivity index is 1.36. The van der Waals surface area contributed by atoms with Gasteiger partial charge in [0.2, 0.25) is 5.88 Å². The second-order valence-electron chi connectivity index (χ2n) is 6.85. The highest BCUT2D eigenvalue weighted by Gasteiger charge is 2.25. The Morgan fingerprint density at radius 2 is 1.63 bits per heavy atom. The zero-order chi connectivity index (χ0) is 20.8. The van der Waals surface area contributed by atoms with Gasteiger partial charge in [0.15, 0.2) is 5.82 Å². The van der Waals surface area contributed by atoms with E-state index in [9.17, 15) is 4.79 Å². The Morgan fingerprint density at radius 3 is 2.33 bits per heavy atom. The van der Waals surface area contributed by atoms with Crippen molar-refractivity contribution >= 4 is 11.7 Å². The first kappa shape index (κ1) is 19.7. The van der Waals surface area contributed by atoms with Crippen molar-refractivity contribution in [2.45, 2.75) is 6.92 Å². The molecule has 7 nitrogen and oxygen atoms in total. The van der Waals surface area contributed by atoms with Gasteiger partial charge in [0.1, 0.15) is 11.5 Å². The molecule has 0 aliphatic carbocycles.